The number of hydrogen-bond donors (Lipinski definition) is 2. The summed E-state index contributed by atoms with van der Waals surface area (Å²) in [4.78, 5) is 25.5. The highest BCUT2D eigenvalue weighted by atomic mass is 16.3. The number of likely N-dealkylation sites (tertiary alicyclic amines) is 1. The van der Waals surface area contributed by atoms with Crippen LogP contribution in [0.15, 0.2) is 10.5 Å². The summed E-state index contributed by atoms with van der Waals surface area (Å²) in [7, 11) is 0. The lowest BCUT2D eigenvalue weighted by Crippen LogP contribution is -2.46. The Bertz CT molecular complexity index is 509. The van der Waals surface area contributed by atoms with E-state index in [0.717, 1.165) is 12.8 Å². The number of aliphatic hydroxyl groups is 1. The average Bonchev–Trinajstić information content (AvgIpc) is 2.74. The third-order valence-electron chi connectivity index (χ3n) is 3.43. The average molecular weight is 280 g/mol. The summed E-state index contributed by atoms with van der Waals surface area (Å²) < 4.78 is 5.28. The van der Waals surface area contributed by atoms with E-state index in [1.807, 2.05) is 0 Å². The van der Waals surface area contributed by atoms with E-state index in [-0.39, 0.29) is 18.4 Å². The lowest BCUT2D eigenvalue weighted by Gasteiger charge is -2.30. The van der Waals surface area contributed by atoms with Gasteiger partial charge in [0.25, 0.3) is 5.91 Å². The second-order valence-electron chi connectivity index (χ2n) is 5.15. The van der Waals surface area contributed by atoms with Crippen LogP contribution in [0.5, 0.6) is 0 Å². The van der Waals surface area contributed by atoms with Crippen molar-refractivity contribution in [3.63, 3.8) is 0 Å². The summed E-state index contributed by atoms with van der Waals surface area (Å²) in [5, 5.41) is 12.1. The minimum Gasteiger partial charge on any atom is -0.466 e. The first-order valence-corrected chi connectivity index (χ1v) is 6.78. The second kappa shape index (κ2) is 6.09. The van der Waals surface area contributed by atoms with Crippen molar-refractivity contribution in [2.24, 2.45) is 0 Å². The molecule has 1 fully saturated rings. The number of carbonyl (C=O) groups is 2. The molecule has 0 spiro atoms. The molecule has 0 aromatic carbocycles. The zero-order valence-corrected chi connectivity index (χ0v) is 11.8. The molecule has 1 aromatic heterocycles. The highest BCUT2D eigenvalue weighted by Gasteiger charge is 2.22. The van der Waals surface area contributed by atoms with Crippen molar-refractivity contribution in [2.75, 3.05) is 19.6 Å². The predicted octanol–water partition coefficient (Wildman–Crippen LogP) is 0.610. The summed E-state index contributed by atoms with van der Waals surface area (Å²) in [6.45, 7) is 4.40. The van der Waals surface area contributed by atoms with Gasteiger partial charge in [0, 0.05) is 13.1 Å². The number of amides is 2. The fraction of sp³-hybridized carbons (Fsp3) is 0.571. The zero-order valence-electron chi connectivity index (χ0n) is 11.8. The van der Waals surface area contributed by atoms with Gasteiger partial charge in [0.05, 0.1) is 18.2 Å². The number of β-amino-alcohol motifs (C(OH)–C–C–N with tert-alkyl or cyclic N) is 1. The number of furan rings is 1. The molecular formula is C14H20N2O4. The van der Waals surface area contributed by atoms with Crippen LogP contribution in [0.2, 0.25) is 0 Å². The number of rotatable bonds is 3. The number of nitrogens with zero attached hydrogens (tertiary/aromatic N) is 1. The van der Waals surface area contributed by atoms with E-state index < -0.39 is 6.10 Å². The molecule has 2 N–H and O–H groups in total. The molecule has 1 saturated heterocycles. The number of carbonyl (C=O) groups excluding carboxylic acids is 2. The molecule has 0 radical (unpaired) electrons. The maximum absolute atomic E-state index is 11.9. The van der Waals surface area contributed by atoms with Crippen molar-refractivity contribution in [3.8, 4) is 0 Å². The van der Waals surface area contributed by atoms with E-state index in [2.05, 4.69) is 5.32 Å². The molecule has 6 heteroatoms. The number of piperidine rings is 1. The minimum absolute atomic E-state index is 0.0603. The van der Waals surface area contributed by atoms with Crippen LogP contribution < -0.4 is 5.32 Å². The molecule has 0 aliphatic carbocycles. The molecule has 110 valence electrons. The minimum atomic E-state index is -0.456. The Labute approximate surface area is 117 Å². The first-order valence-electron chi connectivity index (χ1n) is 6.78. The molecule has 0 saturated carbocycles. The van der Waals surface area contributed by atoms with Crippen LogP contribution in [0.1, 0.15) is 34.7 Å². The van der Waals surface area contributed by atoms with Gasteiger partial charge in [-0.3, -0.25) is 9.59 Å². The molecule has 2 rings (SSSR count). The van der Waals surface area contributed by atoms with Gasteiger partial charge in [-0.2, -0.15) is 0 Å². The first kappa shape index (κ1) is 14.6. The van der Waals surface area contributed by atoms with Gasteiger partial charge in [0.15, 0.2) is 0 Å². The molecule has 0 bridgehead atoms. The standard InChI is InChI=1S/C14H20N2O4/c1-9-6-12(10(2)20-9)14(19)15-7-13(18)16-5-3-4-11(17)8-16/h6,11,17H,3-5,7-8H2,1-2H3,(H,15,19). The highest BCUT2D eigenvalue weighted by Crippen LogP contribution is 2.13. The van der Waals surface area contributed by atoms with Crippen molar-refractivity contribution in [2.45, 2.75) is 32.8 Å². The van der Waals surface area contributed by atoms with Crippen molar-refractivity contribution in [1.29, 1.82) is 0 Å². The van der Waals surface area contributed by atoms with E-state index in [9.17, 15) is 14.7 Å². The van der Waals surface area contributed by atoms with Gasteiger partial charge in [-0.25, -0.2) is 0 Å². The second-order valence-corrected chi connectivity index (χ2v) is 5.15. The fourth-order valence-corrected chi connectivity index (χ4v) is 2.40. The van der Waals surface area contributed by atoms with Crippen LogP contribution in [0.4, 0.5) is 0 Å². The third kappa shape index (κ3) is 3.39. The number of aryl methyl sites for hydroxylation is 2. The van der Waals surface area contributed by atoms with Crippen molar-refractivity contribution in [1.82, 2.24) is 10.2 Å². The molecule has 1 aromatic rings. The predicted molar refractivity (Wildman–Crippen MR) is 72.3 cm³/mol. The van der Waals surface area contributed by atoms with Gasteiger partial charge in [0.1, 0.15) is 11.5 Å². The maximum Gasteiger partial charge on any atom is 0.255 e. The Morgan fingerprint density at radius 2 is 2.25 bits per heavy atom. The molecule has 6 nitrogen and oxygen atoms in total. The quantitative estimate of drug-likeness (QED) is 0.850. The van der Waals surface area contributed by atoms with E-state index in [0.29, 0.717) is 30.2 Å². The SMILES string of the molecule is Cc1cc(C(=O)NCC(=O)N2CCCC(O)C2)c(C)o1. The molecule has 2 amide bonds. The van der Waals surface area contributed by atoms with Crippen LogP contribution in [-0.2, 0) is 4.79 Å². The summed E-state index contributed by atoms with van der Waals surface area (Å²) in [6.07, 6.45) is 1.06. The monoisotopic (exact) mass is 280 g/mol. The van der Waals surface area contributed by atoms with Crippen molar-refractivity contribution in [3.05, 3.63) is 23.2 Å². The fourth-order valence-electron chi connectivity index (χ4n) is 2.40. The van der Waals surface area contributed by atoms with Crippen LogP contribution in [0.25, 0.3) is 0 Å². The Hall–Kier alpha value is -1.82. The van der Waals surface area contributed by atoms with Gasteiger partial charge in [-0.15, -0.1) is 0 Å². The molecular weight excluding hydrogens is 260 g/mol. The molecule has 1 aliphatic rings. The highest BCUT2D eigenvalue weighted by molar-refractivity contribution is 5.97. The van der Waals surface area contributed by atoms with E-state index in [1.165, 1.54) is 0 Å². The normalized spacial score (nSPS) is 18.9. The van der Waals surface area contributed by atoms with Crippen molar-refractivity contribution < 1.29 is 19.1 Å². The Morgan fingerprint density at radius 1 is 1.50 bits per heavy atom. The number of aliphatic hydroxyl groups excluding tert-OH is 1. The summed E-state index contributed by atoms with van der Waals surface area (Å²) in [5.41, 5.74) is 0.453. The van der Waals surface area contributed by atoms with Crippen LogP contribution in [0.3, 0.4) is 0 Å². The molecule has 1 unspecified atom stereocenters. The largest absolute Gasteiger partial charge is 0.466 e. The topological polar surface area (TPSA) is 82.8 Å². The van der Waals surface area contributed by atoms with Gasteiger partial charge in [0.2, 0.25) is 5.91 Å². The molecule has 20 heavy (non-hydrogen) atoms. The van der Waals surface area contributed by atoms with Gasteiger partial charge >= 0.3 is 0 Å². The van der Waals surface area contributed by atoms with Crippen LogP contribution >= 0.6 is 0 Å². The van der Waals surface area contributed by atoms with Crippen LogP contribution in [-0.4, -0.2) is 47.6 Å². The summed E-state index contributed by atoms with van der Waals surface area (Å²) >= 11 is 0. The molecule has 1 atom stereocenters. The molecule has 2 heterocycles. The Balaban J connectivity index is 1.87. The van der Waals surface area contributed by atoms with Gasteiger partial charge in [-0.05, 0) is 32.8 Å². The van der Waals surface area contributed by atoms with E-state index in [4.69, 9.17) is 4.42 Å². The first-order chi connectivity index (χ1) is 9.47. The lowest BCUT2D eigenvalue weighted by molar-refractivity contribution is -0.133. The zero-order chi connectivity index (χ0) is 14.7. The number of hydrogen-bond acceptors (Lipinski definition) is 4. The van der Waals surface area contributed by atoms with Crippen molar-refractivity contribution >= 4 is 11.8 Å². The van der Waals surface area contributed by atoms with Gasteiger partial charge in [-0.1, -0.05) is 0 Å². The third-order valence-corrected chi connectivity index (χ3v) is 3.43. The summed E-state index contributed by atoms with van der Waals surface area (Å²) in [5.74, 6) is 0.721. The molecule has 1 aliphatic heterocycles. The van der Waals surface area contributed by atoms with Crippen LogP contribution in [0, 0.1) is 13.8 Å². The van der Waals surface area contributed by atoms with Gasteiger partial charge < -0.3 is 19.7 Å². The smallest absolute Gasteiger partial charge is 0.255 e. The van der Waals surface area contributed by atoms with E-state index >= 15 is 0 Å². The Kier molecular flexibility index (Phi) is 4.44. The lowest BCUT2D eigenvalue weighted by atomic mass is 10.1. The summed E-state index contributed by atoms with van der Waals surface area (Å²) in [6, 6.07) is 1.65. The maximum atomic E-state index is 11.9. The Morgan fingerprint density at radius 3 is 2.85 bits per heavy atom. The number of nitrogens with one attached hydrogen (secondary N) is 1. The van der Waals surface area contributed by atoms with E-state index in [1.54, 1.807) is 24.8 Å².